The van der Waals surface area contributed by atoms with E-state index in [1.54, 1.807) is 18.2 Å². The van der Waals surface area contributed by atoms with Crippen LogP contribution < -0.4 is 5.32 Å². The van der Waals surface area contributed by atoms with Crippen molar-refractivity contribution in [3.8, 4) is 0 Å². The highest BCUT2D eigenvalue weighted by atomic mass is 35.5. The Morgan fingerprint density at radius 1 is 1.26 bits per heavy atom. The van der Waals surface area contributed by atoms with Crippen LogP contribution in [0.4, 0.5) is 4.39 Å². The van der Waals surface area contributed by atoms with Crippen molar-refractivity contribution in [2.45, 2.75) is 11.4 Å². The number of halogens is 2. The lowest BCUT2D eigenvalue weighted by atomic mass is 10.2. The predicted octanol–water partition coefficient (Wildman–Crippen LogP) is 3.70. The van der Waals surface area contributed by atoms with Gasteiger partial charge < -0.3 is 5.32 Å². The van der Waals surface area contributed by atoms with Crippen molar-refractivity contribution >= 4 is 30.1 Å². The Bertz CT molecular complexity index is 618. The van der Waals surface area contributed by atoms with Crippen molar-refractivity contribution in [1.29, 1.82) is 0 Å². The number of hydrogen-bond acceptors (Lipinski definition) is 2. The Morgan fingerprint density at radius 3 is 2.79 bits per heavy atom. The normalized spacial score (nSPS) is 10.3. The molecule has 2 aromatic rings. The molecule has 98 valence electrons. The molecule has 1 amide bonds. The zero-order chi connectivity index (χ0) is 13.8. The molecule has 0 atom stereocenters. The molecular formula is C14H11ClFNOS. The molecule has 0 aliphatic rings. The van der Waals surface area contributed by atoms with Crippen LogP contribution in [0.15, 0.2) is 47.4 Å². The molecule has 0 unspecified atom stereocenters. The second kappa shape index (κ2) is 6.08. The smallest absolute Gasteiger partial charge is 0.254 e. The van der Waals surface area contributed by atoms with Crippen molar-refractivity contribution in [3.63, 3.8) is 0 Å². The first-order valence-electron chi connectivity index (χ1n) is 5.57. The topological polar surface area (TPSA) is 29.1 Å². The third-order valence-electron chi connectivity index (χ3n) is 2.54. The van der Waals surface area contributed by atoms with E-state index in [1.165, 1.54) is 18.2 Å². The first-order valence-corrected chi connectivity index (χ1v) is 6.40. The standard InChI is InChI=1S/C14H11ClFNOS/c15-10-3-1-2-9(6-10)8-17-14(18)12-7-11(19)4-5-13(12)16/h1-7,19H,8H2,(H,17,18). The van der Waals surface area contributed by atoms with Gasteiger partial charge >= 0.3 is 0 Å². The molecule has 1 N–H and O–H groups in total. The Labute approximate surface area is 121 Å². The van der Waals surface area contributed by atoms with Crippen LogP contribution in [-0.4, -0.2) is 5.91 Å². The molecule has 0 aliphatic carbocycles. The van der Waals surface area contributed by atoms with E-state index >= 15 is 0 Å². The molecule has 0 bridgehead atoms. The van der Waals surface area contributed by atoms with Crippen LogP contribution in [0, 0.1) is 5.82 Å². The summed E-state index contributed by atoms with van der Waals surface area (Å²) in [6.45, 7) is 0.287. The van der Waals surface area contributed by atoms with E-state index in [1.807, 2.05) is 6.07 Å². The highest BCUT2D eigenvalue weighted by Gasteiger charge is 2.11. The fourth-order valence-electron chi connectivity index (χ4n) is 1.61. The van der Waals surface area contributed by atoms with Gasteiger partial charge in [0.1, 0.15) is 5.82 Å². The number of nitrogens with one attached hydrogen (secondary N) is 1. The van der Waals surface area contributed by atoms with Gasteiger partial charge in [-0.25, -0.2) is 4.39 Å². The fourth-order valence-corrected chi connectivity index (χ4v) is 2.03. The number of thiol groups is 1. The van der Waals surface area contributed by atoms with E-state index in [9.17, 15) is 9.18 Å². The minimum absolute atomic E-state index is 0.0190. The molecule has 0 saturated carbocycles. The summed E-state index contributed by atoms with van der Waals surface area (Å²) in [6.07, 6.45) is 0. The Balaban J connectivity index is 2.07. The number of carbonyl (C=O) groups excluding carboxylic acids is 1. The van der Waals surface area contributed by atoms with Crippen LogP contribution in [0.5, 0.6) is 0 Å². The van der Waals surface area contributed by atoms with Crippen LogP contribution in [0.1, 0.15) is 15.9 Å². The number of benzene rings is 2. The first-order chi connectivity index (χ1) is 9.06. The van der Waals surface area contributed by atoms with E-state index in [0.717, 1.165) is 5.56 Å². The summed E-state index contributed by atoms with van der Waals surface area (Å²) in [5.74, 6) is -1.05. The molecule has 2 nitrogen and oxygen atoms in total. The molecule has 2 rings (SSSR count). The number of rotatable bonds is 3. The molecule has 5 heteroatoms. The Hall–Kier alpha value is -1.52. The lowest BCUT2D eigenvalue weighted by Gasteiger charge is -2.07. The second-order valence-corrected chi connectivity index (χ2v) is 4.93. The summed E-state index contributed by atoms with van der Waals surface area (Å²) in [6, 6.07) is 11.2. The second-order valence-electron chi connectivity index (χ2n) is 3.98. The molecule has 19 heavy (non-hydrogen) atoms. The molecule has 2 aromatic carbocycles. The number of amides is 1. The zero-order valence-corrected chi connectivity index (χ0v) is 11.5. The van der Waals surface area contributed by atoms with Gasteiger partial charge in [0.05, 0.1) is 5.56 Å². The fraction of sp³-hybridized carbons (Fsp3) is 0.0714. The maximum atomic E-state index is 13.5. The molecule has 0 aromatic heterocycles. The Kier molecular flexibility index (Phi) is 4.45. The SMILES string of the molecule is O=C(NCc1cccc(Cl)c1)c1cc(S)ccc1F. The summed E-state index contributed by atoms with van der Waals surface area (Å²) < 4.78 is 13.5. The molecule has 0 fully saturated rings. The molecule has 0 aliphatic heterocycles. The van der Waals surface area contributed by atoms with Gasteiger partial charge in [0, 0.05) is 16.5 Å². The van der Waals surface area contributed by atoms with E-state index in [-0.39, 0.29) is 12.1 Å². The largest absolute Gasteiger partial charge is 0.348 e. The molecule has 0 saturated heterocycles. The van der Waals surface area contributed by atoms with Gasteiger partial charge in [0.25, 0.3) is 5.91 Å². The van der Waals surface area contributed by atoms with Gasteiger partial charge in [-0.05, 0) is 35.9 Å². The van der Waals surface area contributed by atoms with Crippen molar-refractivity contribution in [3.05, 3.63) is 64.4 Å². The average molecular weight is 296 g/mol. The Morgan fingerprint density at radius 2 is 2.05 bits per heavy atom. The van der Waals surface area contributed by atoms with Gasteiger partial charge in [-0.2, -0.15) is 0 Å². The van der Waals surface area contributed by atoms with Crippen molar-refractivity contribution in [2.24, 2.45) is 0 Å². The maximum Gasteiger partial charge on any atom is 0.254 e. The summed E-state index contributed by atoms with van der Waals surface area (Å²) in [4.78, 5) is 12.4. The minimum atomic E-state index is -0.568. The van der Waals surface area contributed by atoms with Crippen LogP contribution in [0.2, 0.25) is 5.02 Å². The highest BCUT2D eigenvalue weighted by Crippen LogP contribution is 2.14. The lowest BCUT2D eigenvalue weighted by molar-refractivity contribution is 0.0946. The van der Waals surface area contributed by atoms with Crippen LogP contribution >= 0.6 is 24.2 Å². The third-order valence-corrected chi connectivity index (χ3v) is 3.05. The maximum absolute atomic E-state index is 13.5. The summed E-state index contributed by atoms with van der Waals surface area (Å²) in [5, 5.41) is 3.23. The molecule has 0 radical (unpaired) electrons. The third kappa shape index (κ3) is 3.72. The van der Waals surface area contributed by atoms with Crippen LogP contribution in [-0.2, 0) is 6.54 Å². The molecular weight excluding hydrogens is 285 g/mol. The monoisotopic (exact) mass is 295 g/mol. The molecule has 0 spiro atoms. The lowest BCUT2D eigenvalue weighted by Crippen LogP contribution is -2.23. The van der Waals surface area contributed by atoms with Crippen LogP contribution in [0.25, 0.3) is 0 Å². The van der Waals surface area contributed by atoms with E-state index in [0.29, 0.717) is 9.92 Å². The van der Waals surface area contributed by atoms with E-state index in [4.69, 9.17) is 11.6 Å². The van der Waals surface area contributed by atoms with Gasteiger partial charge in [-0.1, -0.05) is 23.7 Å². The predicted molar refractivity (Wildman–Crippen MR) is 76.3 cm³/mol. The number of hydrogen-bond donors (Lipinski definition) is 2. The van der Waals surface area contributed by atoms with Crippen molar-refractivity contribution in [2.75, 3.05) is 0 Å². The average Bonchev–Trinajstić information content (AvgIpc) is 2.39. The minimum Gasteiger partial charge on any atom is -0.348 e. The van der Waals surface area contributed by atoms with E-state index in [2.05, 4.69) is 17.9 Å². The summed E-state index contributed by atoms with van der Waals surface area (Å²) in [5.41, 5.74) is 0.831. The summed E-state index contributed by atoms with van der Waals surface area (Å²) >= 11 is 9.92. The van der Waals surface area contributed by atoms with E-state index < -0.39 is 11.7 Å². The van der Waals surface area contributed by atoms with Gasteiger partial charge in [-0.15, -0.1) is 12.6 Å². The molecule has 0 heterocycles. The van der Waals surface area contributed by atoms with Gasteiger partial charge in [-0.3, -0.25) is 4.79 Å². The van der Waals surface area contributed by atoms with Crippen LogP contribution in [0.3, 0.4) is 0 Å². The first kappa shape index (κ1) is 13.9. The van der Waals surface area contributed by atoms with Crippen molar-refractivity contribution < 1.29 is 9.18 Å². The summed E-state index contributed by atoms with van der Waals surface area (Å²) in [7, 11) is 0. The quantitative estimate of drug-likeness (QED) is 0.831. The number of carbonyl (C=O) groups is 1. The zero-order valence-electron chi connectivity index (χ0n) is 9.86. The van der Waals surface area contributed by atoms with Gasteiger partial charge in [0.15, 0.2) is 0 Å². The highest BCUT2D eigenvalue weighted by molar-refractivity contribution is 7.80. The van der Waals surface area contributed by atoms with Crippen molar-refractivity contribution in [1.82, 2.24) is 5.32 Å². The van der Waals surface area contributed by atoms with Gasteiger partial charge in [0.2, 0.25) is 0 Å².